The van der Waals surface area contributed by atoms with Gasteiger partial charge in [0.15, 0.2) is 0 Å². The summed E-state index contributed by atoms with van der Waals surface area (Å²) in [5.41, 5.74) is 8.78. The Hall–Kier alpha value is -2.74. The van der Waals surface area contributed by atoms with E-state index in [0.717, 1.165) is 11.3 Å². The van der Waals surface area contributed by atoms with E-state index >= 15 is 0 Å². The molecule has 0 saturated heterocycles. The molecule has 19 heavy (non-hydrogen) atoms. The van der Waals surface area contributed by atoms with Crippen LogP contribution in [0, 0.1) is 11.3 Å². The number of nitriles is 1. The summed E-state index contributed by atoms with van der Waals surface area (Å²) in [6, 6.07) is 10.9. The highest BCUT2D eigenvalue weighted by Gasteiger charge is 2.01. The van der Waals surface area contributed by atoms with Gasteiger partial charge in [-0.2, -0.15) is 5.26 Å². The van der Waals surface area contributed by atoms with Crippen LogP contribution in [0.3, 0.4) is 0 Å². The third-order valence-corrected chi connectivity index (χ3v) is 2.67. The summed E-state index contributed by atoms with van der Waals surface area (Å²) in [5.74, 6) is 0.578. The minimum Gasteiger partial charge on any atom is -0.481 e. The van der Waals surface area contributed by atoms with E-state index in [1.165, 1.54) is 0 Å². The fraction of sp³-hybridized carbons (Fsp3) is 0.143. The average molecular weight is 254 g/mol. The van der Waals surface area contributed by atoms with Gasteiger partial charge in [0.05, 0.1) is 30.1 Å². The van der Waals surface area contributed by atoms with Crippen LogP contribution in [0.4, 0.5) is 11.4 Å². The number of anilines is 2. The molecule has 0 fully saturated rings. The molecule has 0 aliphatic heterocycles. The maximum absolute atomic E-state index is 8.85. The fourth-order valence-electron chi connectivity index (χ4n) is 1.61. The minimum atomic E-state index is 0.574. The number of rotatable bonds is 4. The van der Waals surface area contributed by atoms with Crippen LogP contribution in [-0.4, -0.2) is 12.1 Å². The molecule has 5 nitrogen and oxygen atoms in total. The number of hydrogen-bond donors (Lipinski definition) is 2. The largest absolute Gasteiger partial charge is 0.481 e. The molecule has 0 unspecified atom stereocenters. The molecule has 0 amide bonds. The summed E-state index contributed by atoms with van der Waals surface area (Å²) in [4.78, 5) is 4.12. The van der Waals surface area contributed by atoms with Crippen LogP contribution >= 0.6 is 0 Å². The molecule has 2 rings (SSSR count). The van der Waals surface area contributed by atoms with E-state index in [9.17, 15) is 0 Å². The first-order valence-corrected chi connectivity index (χ1v) is 5.75. The first-order valence-electron chi connectivity index (χ1n) is 5.75. The average Bonchev–Trinajstić information content (AvgIpc) is 2.47. The summed E-state index contributed by atoms with van der Waals surface area (Å²) in [6.45, 7) is 0.579. The number of nitrogens with zero attached hydrogens (tertiary/aromatic N) is 2. The molecule has 5 heteroatoms. The van der Waals surface area contributed by atoms with Gasteiger partial charge in [0.25, 0.3) is 0 Å². The number of hydrogen-bond acceptors (Lipinski definition) is 5. The molecule has 2 aromatic rings. The zero-order valence-corrected chi connectivity index (χ0v) is 10.6. The van der Waals surface area contributed by atoms with E-state index in [1.807, 2.05) is 6.07 Å². The first-order chi connectivity index (χ1) is 9.22. The second kappa shape index (κ2) is 5.74. The van der Waals surface area contributed by atoms with Gasteiger partial charge in [-0.25, -0.2) is 4.98 Å². The molecule has 0 aliphatic rings. The van der Waals surface area contributed by atoms with Gasteiger partial charge in [-0.05, 0) is 23.8 Å². The molecule has 1 aromatic carbocycles. The molecule has 0 aliphatic carbocycles. The number of nitrogens with one attached hydrogen (secondary N) is 1. The first kappa shape index (κ1) is 12.7. The van der Waals surface area contributed by atoms with Gasteiger partial charge in [-0.15, -0.1) is 0 Å². The second-order valence-corrected chi connectivity index (χ2v) is 3.98. The summed E-state index contributed by atoms with van der Waals surface area (Å²) in [5, 5.41) is 12.0. The van der Waals surface area contributed by atoms with Crippen molar-refractivity contribution in [2.75, 3.05) is 18.2 Å². The van der Waals surface area contributed by atoms with Gasteiger partial charge in [-0.3, -0.25) is 0 Å². The molecular formula is C14H14N4O. The summed E-state index contributed by atoms with van der Waals surface area (Å²) in [7, 11) is 1.58. The lowest BCUT2D eigenvalue weighted by Gasteiger charge is -2.09. The van der Waals surface area contributed by atoms with Crippen molar-refractivity contribution in [1.29, 1.82) is 5.26 Å². The number of pyridine rings is 1. The Labute approximate surface area is 111 Å². The third-order valence-electron chi connectivity index (χ3n) is 2.67. The van der Waals surface area contributed by atoms with Crippen molar-refractivity contribution in [3.05, 3.63) is 47.7 Å². The monoisotopic (exact) mass is 254 g/mol. The van der Waals surface area contributed by atoms with Crippen molar-refractivity contribution >= 4 is 11.4 Å². The smallest absolute Gasteiger partial charge is 0.212 e. The van der Waals surface area contributed by atoms with Crippen molar-refractivity contribution in [1.82, 2.24) is 4.98 Å². The number of ether oxygens (including phenoxy) is 1. The third kappa shape index (κ3) is 3.13. The van der Waals surface area contributed by atoms with Gasteiger partial charge in [-0.1, -0.05) is 6.07 Å². The molecule has 1 aromatic heterocycles. The summed E-state index contributed by atoms with van der Waals surface area (Å²) < 4.78 is 4.99. The normalized spacial score (nSPS) is 9.68. The lowest BCUT2D eigenvalue weighted by Crippen LogP contribution is -2.03. The Morgan fingerprint density at radius 2 is 2.21 bits per heavy atom. The number of nitrogen functional groups attached to an aromatic ring is 1. The second-order valence-electron chi connectivity index (χ2n) is 3.98. The van der Waals surface area contributed by atoms with Crippen molar-refractivity contribution in [3.63, 3.8) is 0 Å². The standard InChI is InChI=1S/C14H14N4O/c1-19-14-5-3-11(9-18-14)8-17-13-6-10(7-15)2-4-12(13)16/h2-6,9,17H,8,16H2,1H3. The Morgan fingerprint density at radius 1 is 1.37 bits per heavy atom. The Bertz CT molecular complexity index is 602. The highest BCUT2D eigenvalue weighted by Crippen LogP contribution is 2.20. The molecular weight excluding hydrogens is 240 g/mol. The Balaban J connectivity index is 2.07. The summed E-state index contributed by atoms with van der Waals surface area (Å²) >= 11 is 0. The molecule has 0 atom stereocenters. The molecule has 0 bridgehead atoms. The van der Waals surface area contributed by atoms with Crippen LogP contribution in [0.5, 0.6) is 5.88 Å². The lowest BCUT2D eigenvalue weighted by atomic mass is 10.2. The Morgan fingerprint density at radius 3 is 2.84 bits per heavy atom. The van der Waals surface area contributed by atoms with E-state index in [0.29, 0.717) is 23.7 Å². The fourth-order valence-corrected chi connectivity index (χ4v) is 1.61. The van der Waals surface area contributed by atoms with E-state index in [-0.39, 0.29) is 0 Å². The van der Waals surface area contributed by atoms with Gasteiger partial charge < -0.3 is 15.8 Å². The molecule has 0 spiro atoms. The molecule has 0 saturated carbocycles. The highest BCUT2D eigenvalue weighted by atomic mass is 16.5. The zero-order chi connectivity index (χ0) is 13.7. The van der Waals surface area contributed by atoms with E-state index in [4.69, 9.17) is 15.7 Å². The van der Waals surface area contributed by atoms with Gasteiger partial charge >= 0.3 is 0 Å². The van der Waals surface area contributed by atoms with Crippen molar-refractivity contribution < 1.29 is 4.74 Å². The number of nitrogens with two attached hydrogens (primary N) is 1. The van der Waals surface area contributed by atoms with Crippen molar-refractivity contribution in [2.24, 2.45) is 0 Å². The van der Waals surface area contributed by atoms with Crippen molar-refractivity contribution in [2.45, 2.75) is 6.54 Å². The maximum atomic E-state index is 8.85. The van der Waals surface area contributed by atoms with Crippen LogP contribution < -0.4 is 15.8 Å². The minimum absolute atomic E-state index is 0.574. The number of aromatic nitrogens is 1. The quantitative estimate of drug-likeness (QED) is 0.817. The predicted molar refractivity (Wildman–Crippen MR) is 73.7 cm³/mol. The molecule has 96 valence electrons. The molecule has 0 radical (unpaired) electrons. The predicted octanol–water partition coefficient (Wildman–Crippen LogP) is 2.16. The zero-order valence-electron chi connectivity index (χ0n) is 10.6. The molecule has 3 N–H and O–H groups in total. The maximum Gasteiger partial charge on any atom is 0.212 e. The van der Waals surface area contributed by atoms with E-state index in [2.05, 4.69) is 16.4 Å². The topological polar surface area (TPSA) is 84.0 Å². The highest BCUT2D eigenvalue weighted by molar-refractivity contribution is 5.68. The van der Waals surface area contributed by atoms with Gasteiger partial charge in [0.2, 0.25) is 5.88 Å². The number of benzene rings is 1. The summed E-state index contributed by atoms with van der Waals surface area (Å²) in [6.07, 6.45) is 1.73. The van der Waals surface area contributed by atoms with Gasteiger partial charge in [0.1, 0.15) is 0 Å². The van der Waals surface area contributed by atoms with Crippen LogP contribution in [0.25, 0.3) is 0 Å². The van der Waals surface area contributed by atoms with E-state index in [1.54, 1.807) is 37.6 Å². The molecule has 1 heterocycles. The van der Waals surface area contributed by atoms with E-state index < -0.39 is 0 Å². The van der Waals surface area contributed by atoms with Gasteiger partial charge in [0, 0.05) is 18.8 Å². The SMILES string of the molecule is COc1ccc(CNc2cc(C#N)ccc2N)cn1. The number of methoxy groups -OCH3 is 1. The van der Waals surface area contributed by atoms with Crippen LogP contribution in [-0.2, 0) is 6.54 Å². The van der Waals surface area contributed by atoms with Crippen LogP contribution in [0.1, 0.15) is 11.1 Å². The van der Waals surface area contributed by atoms with Crippen molar-refractivity contribution in [3.8, 4) is 11.9 Å². The lowest BCUT2D eigenvalue weighted by molar-refractivity contribution is 0.397. The van der Waals surface area contributed by atoms with Crippen LogP contribution in [0.2, 0.25) is 0 Å². The van der Waals surface area contributed by atoms with Crippen LogP contribution in [0.15, 0.2) is 36.5 Å². The Kier molecular flexibility index (Phi) is 3.84.